The summed E-state index contributed by atoms with van der Waals surface area (Å²) in [6.45, 7) is 7.62. The summed E-state index contributed by atoms with van der Waals surface area (Å²) in [6, 6.07) is 0. The fourth-order valence-electron chi connectivity index (χ4n) is 4.17. The van der Waals surface area contributed by atoms with Crippen molar-refractivity contribution in [1.82, 2.24) is 24.3 Å². The zero-order chi connectivity index (χ0) is 22.4. The lowest BCUT2D eigenvalue weighted by molar-refractivity contribution is -0.166. The van der Waals surface area contributed by atoms with Gasteiger partial charge in [0.1, 0.15) is 0 Å². The lowest BCUT2D eigenvalue weighted by Crippen LogP contribution is -2.62. The maximum Gasteiger partial charge on any atom is 0.254 e. The summed E-state index contributed by atoms with van der Waals surface area (Å²) in [5, 5.41) is 6.46. The van der Waals surface area contributed by atoms with Crippen LogP contribution in [0.25, 0.3) is 0 Å². The maximum absolute atomic E-state index is 13.5. The molecule has 2 fully saturated rings. The molecule has 30 heavy (non-hydrogen) atoms. The Morgan fingerprint density at radius 1 is 1.40 bits per heavy atom. The molecule has 11 heteroatoms. The molecular formula is C19H31N5O5S. The molecule has 0 aromatic carbocycles. The molecule has 3 rings (SSSR count). The fraction of sp³-hybridized carbons (Fsp3) is 0.737. The van der Waals surface area contributed by atoms with Crippen molar-refractivity contribution in [2.24, 2.45) is 13.0 Å². The number of carbonyl (C=O) groups is 2. The number of carbonyl (C=O) groups excluding carboxylic acids is 2. The van der Waals surface area contributed by atoms with E-state index < -0.39 is 32.7 Å². The Morgan fingerprint density at radius 3 is 2.60 bits per heavy atom. The molecule has 0 unspecified atom stereocenters. The number of nitrogens with one attached hydrogen (secondary N) is 1. The summed E-state index contributed by atoms with van der Waals surface area (Å²) in [7, 11) is -0.151. The van der Waals surface area contributed by atoms with Crippen LogP contribution < -0.4 is 5.32 Å². The van der Waals surface area contributed by atoms with Crippen molar-refractivity contribution in [2.75, 3.05) is 33.3 Å². The summed E-state index contributed by atoms with van der Waals surface area (Å²) < 4.78 is 34.4. The summed E-state index contributed by atoms with van der Waals surface area (Å²) in [5.74, 6) is -1.68. The van der Waals surface area contributed by atoms with E-state index in [-0.39, 0.29) is 25.6 Å². The monoisotopic (exact) mass is 441 g/mol. The Hall–Kier alpha value is -1.98. The second-order valence-corrected chi connectivity index (χ2v) is 10.9. The van der Waals surface area contributed by atoms with Gasteiger partial charge in [-0.25, -0.2) is 8.42 Å². The topological polar surface area (TPSA) is 114 Å². The van der Waals surface area contributed by atoms with E-state index in [4.69, 9.17) is 4.74 Å². The van der Waals surface area contributed by atoms with Gasteiger partial charge in [-0.2, -0.15) is 9.40 Å². The van der Waals surface area contributed by atoms with Crippen molar-refractivity contribution in [3.8, 4) is 0 Å². The lowest BCUT2D eigenvalue weighted by atomic mass is 9.87. The average Bonchev–Trinajstić information content (AvgIpc) is 3.17. The quantitative estimate of drug-likeness (QED) is 0.662. The highest BCUT2D eigenvalue weighted by Gasteiger charge is 2.60. The minimum Gasteiger partial charge on any atom is -0.361 e. The third-order valence-electron chi connectivity index (χ3n) is 6.18. The van der Waals surface area contributed by atoms with Crippen molar-refractivity contribution >= 4 is 21.8 Å². The number of aryl methyl sites for hydroxylation is 2. The molecule has 10 nitrogen and oxygen atoms in total. The van der Waals surface area contributed by atoms with Gasteiger partial charge in [-0.05, 0) is 27.7 Å². The molecule has 1 aromatic rings. The molecule has 1 aromatic heterocycles. The Labute approximate surface area is 177 Å². The van der Waals surface area contributed by atoms with Crippen LogP contribution in [-0.4, -0.2) is 83.4 Å². The van der Waals surface area contributed by atoms with E-state index >= 15 is 0 Å². The molecule has 0 bridgehead atoms. The first-order valence-corrected chi connectivity index (χ1v) is 11.6. The number of nitrogens with zero attached hydrogens (tertiary/aromatic N) is 4. The zero-order valence-corrected chi connectivity index (χ0v) is 19.2. The van der Waals surface area contributed by atoms with Gasteiger partial charge in [0.2, 0.25) is 15.9 Å². The van der Waals surface area contributed by atoms with Gasteiger partial charge in [0.05, 0.1) is 30.0 Å². The summed E-state index contributed by atoms with van der Waals surface area (Å²) in [5.41, 5.74) is 1.20. The van der Waals surface area contributed by atoms with Crippen LogP contribution in [0.2, 0.25) is 0 Å². The van der Waals surface area contributed by atoms with Gasteiger partial charge in [-0.3, -0.25) is 14.3 Å². The second kappa shape index (κ2) is 7.93. The highest BCUT2D eigenvalue weighted by Crippen LogP contribution is 2.37. The first-order valence-electron chi connectivity index (χ1n) is 10.1. The summed E-state index contributed by atoms with van der Waals surface area (Å²) in [6.07, 6.45) is 0. The third-order valence-corrected chi connectivity index (χ3v) is 8.37. The van der Waals surface area contributed by atoms with Gasteiger partial charge in [-0.15, -0.1) is 0 Å². The van der Waals surface area contributed by atoms with Gasteiger partial charge >= 0.3 is 0 Å². The van der Waals surface area contributed by atoms with Crippen molar-refractivity contribution < 1.29 is 22.7 Å². The predicted molar refractivity (Wildman–Crippen MR) is 110 cm³/mol. The van der Waals surface area contributed by atoms with Gasteiger partial charge in [0.15, 0.2) is 5.60 Å². The van der Waals surface area contributed by atoms with Crippen molar-refractivity contribution in [2.45, 2.75) is 45.1 Å². The Kier molecular flexibility index (Phi) is 6.00. The Balaban J connectivity index is 1.92. The highest BCUT2D eigenvalue weighted by atomic mass is 32.2. The largest absolute Gasteiger partial charge is 0.361 e. The number of rotatable bonds is 5. The van der Waals surface area contributed by atoms with Crippen LogP contribution in [0.15, 0.2) is 0 Å². The number of sulfonamides is 1. The third kappa shape index (κ3) is 3.63. The van der Waals surface area contributed by atoms with Crippen molar-refractivity contribution in [3.63, 3.8) is 0 Å². The highest BCUT2D eigenvalue weighted by molar-refractivity contribution is 7.89. The van der Waals surface area contributed by atoms with Crippen molar-refractivity contribution in [3.05, 3.63) is 17.0 Å². The van der Waals surface area contributed by atoms with Gasteiger partial charge in [0, 0.05) is 45.0 Å². The lowest BCUT2D eigenvalue weighted by Gasteiger charge is -2.37. The van der Waals surface area contributed by atoms with Crippen LogP contribution in [0.1, 0.15) is 30.8 Å². The molecule has 2 amide bonds. The number of amides is 2. The molecule has 0 radical (unpaired) electrons. The summed E-state index contributed by atoms with van der Waals surface area (Å²) in [4.78, 5) is 27.8. The number of morpholine rings is 1. The SMILES string of the molecule is Cc1nn(C)c(C)c1CN(C)C(=O)[C@H]1CN(S(=O)(=O)C(C)C)C[C@@]12OCCNC2=O. The average molecular weight is 442 g/mol. The molecule has 2 atom stereocenters. The Morgan fingerprint density at radius 2 is 2.07 bits per heavy atom. The van der Waals surface area contributed by atoms with E-state index in [1.165, 1.54) is 9.21 Å². The second-order valence-electron chi connectivity index (χ2n) is 8.40. The van der Waals surface area contributed by atoms with E-state index in [1.807, 2.05) is 20.9 Å². The zero-order valence-electron chi connectivity index (χ0n) is 18.4. The van der Waals surface area contributed by atoms with Crippen LogP contribution >= 0.6 is 0 Å². The van der Waals surface area contributed by atoms with E-state index in [1.54, 1.807) is 25.6 Å². The minimum absolute atomic E-state index is 0.0812. The molecule has 3 heterocycles. The van der Waals surface area contributed by atoms with Gasteiger partial charge in [0.25, 0.3) is 5.91 Å². The van der Waals surface area contributed by atoms with Crippen LogP contribution in [0.3, 0.4) is 0 Å². The molecule has 2 aliphatic rings. The minimum atomic E-state index is -3.65. The van der Waals surface area contributed by atoms with Crippen LogP contribution in [0.4, 0.5) is 0 Å². The van der Waals surface area contributed by atoms with Crippen LogP contribution in [-0.2, 0) is 37.9 Å². The Bertz CT molecular complexity index is 957. The first kappa shape index (κ1) is 22.7. The molecule has 2 saturated heterocycles. The number of hydrogen-bond donors (Lipinski definition) is 1. The van der Waals surface area contributed by atoms with Gasteiger partial charge in [-0.1, -0.05) is 0 Å². The van der Waals surface area contributed by atoms with Gasteiger partial charge < -0.3 is 15.0 Å². The van der Waals surface area contributed by atoms with Crippen LogP contribution in [0, 0.1) is 19.8 Å². The smallest absolute Gasteiger partial charge is 0.254 e. The number of ether oxygens (including phenoxy) is 1. The summed E-state index contributed by atoms with van der Waals surface area (Å²) >= 11 is 0. The molecule has 168 valence electrons. The molecule has 0 saturated carbocycles. The molecular weight excluding hydrogens is 410 g/mol. The standard InChI is InChI=1S/C19H31N5O5S/c1-12(2)30(27,28)24-10-16(19(11-24)18(26)20-7-8-29-19)17(25)22(5)9-15-13(3)21-23(6)14(15)4/h12,16H,7-11H2,1-6H3,(H,20,26)/t16-,19-/m1/s1. The fourth-order valence-corrected chi connectivity index (χ4v) is 5.50. The molecule has 1 spiro atoms. The maximum atomic E-state index is 13.5. The predicted octanol–water partition coefficient (Wildman–Crippen LogP) is -0.449. The van der Waals surface area contributed by atoms with Crippen molar-refractivity contribution in [1.29, 1.82) is 0 Å². The first-order chi connectivity index (χ1) is 13.9. The van der Waals surface area contributed by atoms with E-state index in [0.717, 1.165) is 17.0 Å². The van der Waals surface area contributed by atoms with E-state index in [9.17, 15) is 18.0 Å². The molecule has 0 aliphatic carbocycles. The van der Waals surface area contributed by atoms with Crippen LogP contribution in [0.5, 0.6) is 0 Å². The molecule has 1 N–H and O–H groups in total. The normalized spacial score (nSPS) is 25.2. The number of hydrogen-bond acceptors (Lipinski definition) is 6. The molecule has 2 aliphatic heterocycles. The van der Waals surface area contributed by atoms with E-state index in [0.29, 0.717) is 13.1 Å². The number of aromatic nitrogens is 2. The van der Waals surface area contributed by atoms with E-state index in [2.05, 4.69) is 10.4 Å².